The summed E-state index contributed by atoms with van der Waals surface area (Å²) in [6.07, 6.45) is -1.13. The SMILES string of the molecule is CC(C)Oc1cc(NC(=O)c2cccc(S(=O)(=O)N3CCC(F)(F)CC3)c2)[nH]n1.Cl. The van der Waals surface area contributed by atoms with E-state index in [0.29, 0.717) is 5.88 Å². The molecule has 1 saturated heterocycles. The molecule has 1 aliphatic heterocycles. The minimum Gasteiger partial charge on any atom is -0.474 e. The number of rotatable bonds is 6. The van der Waals surface area contributed by atoms with Crippen LogP contribution in [0.4, 0.5) is 14.6 Å². The van der Waals surface area contributed by atoms with Crippen LogP contribution in [0.3, 0.4) is 0 Å². The quantitative estimate of drug-likeness (QED) is 0.682. The maximum Gasteiger partial charge on any atom is 0.256 e. The lowest BCUT2D eigenvalue weighted by Crippen LogP contribution is -2.42. The van der Waals surface area contributed by atoms with Crippen molar-refractivity contribution in [2.75, 3.05) is 18.4 Å². The third kappa shape index (κ3) is 5.67. The summed E-state index contributed by atoms with van der Waals surface area (Å²) in [5.41, 5.74) is 0.106. The average molecular weight is 465 g/mol. The number of hydrogen-bond donors (Lipinski definition) is 2. The number of alkyl halides is 2. The number of benzene rings is 1. The zero-order valence-corrected chi connectivity index (χ0v) is 18.0. The number of nitrogens with zero attached hydrogens (tertiary/aromatic N) is 2. The van der Waals surface area contributed by atoms with E-state index in [-0.39, 0.29) is 47.9 Å². The molecule has 2 N–H and O–H groups in total. The van der Waals surface area contributed by atoms with Crippen LogP contribution in [0, 0.1) is 0 Å². The Morgan fingerprint density at radius 3 is 2.57 bits per heavy atom. The van der Waals surface area contributed by atoms with Crippen LogP contribution in [0.15, 0.2) is 35.2 Å². The number of aromatic nitrogens is 2. The number of halogens is 3. The Bertz CT molecular complexity index is 988. The van der Waals surface area contributed by atoms with Gasteiger partial charge in [0.15, 0.2) is 0 Å². The highest BCUT2D eigenvalue weighted by molar-refractivity contribution is 7.89. The number of amides is 1. The van der Waals surface area contributed by atoms with Crippen LogP contribution in [0.2, 0.25) is 0 Å². The van der Waals surface area contributed by atoms with Crippen molar-refractivity contribution in [3.8, 4) is 5.88 Å². The molecule has 0 aliphatic carbocycles. The van der Waals surface area contributed by atoms with Gasteiger partial charge in [0.05, 0.1) is 11.0 Å². The lowest BCUT2D eigenvalue weighted by atomic mass is 10.1. The van der Waals surface area contributed by atoms with Gasteiger partial charge in [-0.3, -0.25) is 9.89 Å². The fraction of sp³-hybridized carbons (Fsp3) is 0.444. The van der Waals surface area contributed by atoms with Gasteiger partial charge in [0, 0.05) is 37.6 Å². The fourth-order valence-electron chi connectivity index (χ4n) is 2.86. The average Bonchev–Trinajstić information content (AvgIpc) is 3.07. The van der Waals surface area contributed by atoms with Crippen LogP contribution in [-0.2, 0) is 10.0 Å². The van der Waals surface area contributed by atoms with Gasteiger partial charge < -0.3 is 10.1 Å². The highest BCUT2D eigenvalue weighted by Gasteiger charge is 2.38. The molecular formula is C18H23ClF2N4O4S. The number of nitrogens with one attached hydrogen (secondary N) is 2. The molecule has 0 unspecified atom stereocenters. The monoisotopic (exact) mass is 464 g/mol. The largest absolute Gasteiger partial charge is 0.474 e. The summed E-state index contributed by atoms with van der Waals surface area (Å²) in [6, 6.07) is 6.95. The van der Waals surface area contributed by atoms with Crippen molar-refractivity contribution in [2.24, 2.45) is 0 Å². The first-order chi connectivity index (χ1) is 13.6. The second-order valence-corrected chi connectivity index (χ2v) is 8.97. The van der Waals surface area contributed by atoms with Crippen molar-refractivity contribution in [3.05, 3.63) is 35.9 Å². The van der Waals surface area contributed by atoms with Crippen molar-refractivity contribution in [1.82, 2.24) is 14.5 Å². The Labute approximate surface area is 179 Å². The Hall–Kier alpha value is -2.24. The van der Waals surface area contributed by atoms with Gasteiger partial charge in [-0.15, -0.1) is 17.5 Å². The molecule has 166 valence electrons. The van der Waals surface area contributed by atoms with Crippen LogP contribution < -0.4 is 10.1 Å². The summed E-state index contributed by atoms with van der Waals surface area (Å²) in [4.78, 5) is 12.4. The summed E-state index contributed by atoms with van der Waals surface area (Å²) in [5.74, 6) is -2.80. The number of aromatic amines is 1. The Balaban J connectivity index is 0.00000320. The van der Waals surface area contributed by atoms with Crippen LogP contribution in [0.5, 0.6) is 5.88 Å². The molecule has 1 aromatic carbocycles. The lowest BCUT2D eigenvalue weighted by molar-refractivity contribution is -0.0412. The van der Waals surface area contributed by atoms with E-state index in [9.17, 15) is 22.0 Å². The van der Waals surface area contributed by atoms with E-state index in [1.165, 1.54) is 30.3 Å². The molecule has 30 heavy (non-hydrogen) atoms. The molecule has 3 rings (SSSR count). The van der Waals surface area contributed by atoms with E-state index >= 15 is 0 Å². The zero-order chi connectivity index (χ0) is 21.2. The Morgan fingerprint density at radius 1 is 1.27 bits per heavy atom. The molecule has 2 aromatic rings. The standard InChI is InChI=1S/C18H22F2N4O4S.ClH/c1-12(2)28-16-11-15(22-23-16)21-17(25)13-4-3-5-14(10-13)29(26,27)24-8-6-18(19,20)7-9-24;/h3-5,10-12H,6-9H2,1-2H3,(H2,21,22,23,25);1H. The predicted molar refractivity (Wildman–Crippen MR) is 109 cm³/mol. The first-order valence-corrected chi connectivity index (χ1v) is 10.5. The third-order valence-electron chi connectivity index (χ3n) is 4.35. The molecule has 0 bridgehead atoms. The first-order valence-electron chi connectivity index (χ1n) is 9.08. The number of hydrogen-bond acceptors (Lipinski definition) is 5. The van der Waals surface area contributed by atoms with Crippen molar-refractivity contribution in [1.29, 1.82) is 0 Å². The molecule has 1 aromatic heterocycles. The summed E-state index contributed by atoms with van der Waals surface area (Å²) in [7, 11) is -3.97. The van der Waals surface area contributed by atoms with Crippen LogP contribution in [-0.4, -0.2) is 53.9 Å². The number of ether oxygens (including phenoxy) is 1. The highest BCUT2D eigenvalue weighted by Crippen LogP contribution is 2.30. The van der Waals surface area contributed by atoms with Crippen LogP contribution in [0.25, 0.3) is 0 Å². The van der Waals surface area contributed by atoms with Crippen molar-refractivity contribution in [3.63, 3.8) is 0 Å². The van der Waals surface area contributed by atoms with Gasteiger partial charge in [0.25, 0.3) is 11.8 Å². The molecule has 8 nitrogen and oxygen atoms in total. The Kier molecular flexibility index (Phi) is 7.43. The van der Waals surface area contributed by atoms with E-state index in [2.05, 4.69) is 15.5 Å². The molecule has 1 amide bonds. The molecule has 1 fully saturated rings. The van der Waals surface area contributed by atoms with E-state index in [1.807, 2.05) is 13.8 Å². The smallest absolute Gasteiger partial charge is 0.256 e. The van der Waals surface area contributed by atoms with E-state index in [0.717, 1.165) is 4.31 Å². The molecular weight excluding hydrogens is 442 g/mol. The van der Waals surface area contributed by atoms with Gasteiger partial charge >= 0.3 is 0 Å². The molecule has 12 heteroatoms. The van der Waals surface area contributed by atoms with Crippen LogP contribution >= 0.6 is 12.4 Å². The van der Waals surface area contributed by atoms with Crippen molar-refractivity contribution in [2.45, 2.75) is 43.6 Å². The second-order valence-electron chi connectivity index (χ2n) is 7.03. The van der Waals surface area contributed by atoms with E-state index < -0.39 is 34.7 Å². The summed E-state index contributed by atoms with van der Waals surface area (Å²) >= 11 is 0. The first kappa shape index (κ1) is 24.0. The molecule has 1 aliphatic rings. The number of carbonyl (C=O) groups excluding carboxylic acids is 1. The van der Waals surface area contributed by atoms with Gasteiger partial charge in [0.2, 0.25) is 15.9 Å². The van der Waals surface area contributed by atoms with Gasteiger partial charge in [0.1, 0.15) is 5.82 Å². The maximum absolute atomic E-state index is 13.3. The third-order valence-corrected chi connectivity index (χ3v) is 6.24. The summed E-state index contributed by atoms with van der Waals surface area (Å²) < 4.78 is 58.6. The van der Waals surface area contributed by atoms with Crippen molar-refractivity contribution < 1.29 is 26.7 Å². The summed E-state index contributed by atoms with van der Waals surface area (Å²) in [6.45, 7) is 3.14. The Morgan fingerprint density at radius 2 is 1.93 bits per heavy atom. The number of piperidine rings is 1. The molecule has 2 heterocycles. The normalized spacial score (nSPS) is 16.7. The number of sulfonamides is 1. The molecule has 0 radical (unpaired) electrons. The van der Waals surface area contributed by atoms with Crippen molar-refractivity contribution >= 4 is 34.2 Å². The summed E-state index contributed by atoms with van der Waals surface area (Å²) in [5, 5.41) is 9.09. The van der Waals surface area contributed by atoms with E-state index in [4.69, 9.17) is 4.74 Å². The number of carbonyl (C=O) groups is 1. The fourth-order valence-corrected chi connectivity index (χ4v) is 4.35. The van der Waals surface area contributed by atoms with Crippen LogP contribution in [0.1, 0.15) is 37.0 Å². The predicted octanol–water partition coefficient (Wildman–Crippen LogP) is 3.29. The van der Waals surface area contributed by atoms with Gasteiger partial charge in [-0.1, -0.05) is 6.07 Å². The lowest BCUT2D eigenvalue weighted by Gasteiger charge is -2.30. The second kappa shape index (κ2) is 9.27. The molecule has 0 saturated carbocycles. The topological polar surface area (TPSA) is 104 Å². The maximum atomic E-state index is 13.3. The molecule has 0 atom stereocenters. The van der Waals surface area contributed by atoms with E-state index in [1.54, 1.807) is 0 Å². The highest BCUT2D eigenvalue weighted by atomic mass is 35.5. The minimum atomic E-state index is -3.97. The van der Waals surface area contributed by atoms with Gasteiger partial charge in [-0.25, -0.2) is 17.2 Å². The number of anilines is 1. The minimum absolute atomic E-state index is 0. The van der Waals surface area contributed by atoms with Gasteiger partial charge in [-0.2, -0.15) is 4.31 Å². The number of H-pyrrole nitrogens is 1. The van der Waals surface area contributed by atoms with Gasteiger partial charge in [-0.05, 0) is 32.0 Å². The molecule has 0 spiro atoms. The zero-order valence-electron chi connectivity index (χ0n) is 16.4.